The number of aromatic amines is 1. The van der Waals surface area contributed by atoms with Crippen molar-refractivity contribution in [2.75, 3.05) is 7.11 Å². The number of H-pyrrole nitrogens is 1. The van der Waals surface area contributed by atoms with E-state index in [-0.39, 0.29) is 12.5 Å². The fourth-order valence-corrected chi connectivity index (χ4v) is 3.54. The topological polar surface area (TPSA) is 63.1 Å². The molecule has 150 valence electrons. The molecule has 0 atom stereocenters. The Morgan fingerprint density at radius 2 is 1.90 bits per heavy atom. The van der Waals surface area contributed by atoms with Gasteiger partial charge in [-0.05, 0) is 61.8 Å². The van der Waals surface area contributed by atoms with Crippen molar-refractivity contribution in [1.82, 2.24) is 19.7 Å². The molecule has 1 aromatic heterocycles. The molecule has 1 aliphatic carbocycles. The quantitative estimate of drug-likeness (QED) is 0.598. The van der Waals surface area contributed by atoms with Crippen molar-refractivity contribution in [3.05, 3.63) is 64.4 Å². The van der Waals surface area contributed by atoms with Crippen LogP contribution >= 0.6 is 12.2 Å². The van der Waals surface area contributed by atoms with Crippen molar-refractivity contribution < 1.29 is 9.53 Å². The van der Waals surface area contributed by atoms with E-state index in [4.69, 9.17) is 17.0 Å². The maximum atomic E-state index is 13.2. The Hall–Kier alpha value is -2.93. The molecule has 1 fully saturated rings. The lowest BCUT2D eigenvalue weighted by Gasteiger charge is -2.23. The summed E-state index contributed by atoms with van der Waals surface area (Å²) in [6.07, 6.45) is 2.11. The van der Waals surface area contributed by atoms with Crippen LogP contribution in [0, 0.1) is 11.7 Å². The van der Waals surface area contributed by atoms with Crippen molar-refractivity contribution in [1.29, 1.82) is 0 Å². The van der Waals surface area contributed by atoms with Crippen LogP contribution in [0.1, 0.15) is 24.0 Å². The number of methoxy groups -OCH3 is 1. The Morgan fingerprint density at radius 3 is 2.52 bits per heavy atom. The number of benzene rings is 2. The second-order valence-electron chi connectivity index (χ2n) is 7.41. The second-order valence-corrected chi connectivity index (χ2v) is 7.79. The molecule has 1 amide bonds. The Morgan fingerprint density at radius 1 is 1.21 bits per heavy atom. The minimum Gasteiger partial charge on any atom is -0.497 e. The summed E-state index contributed by atoms with van der Waals surface area (Å²) in [6.45, 7) is 2.85. The first-order valence-corrected chi connectivity index (χ1v) is 10.1. The van der Waals surface area contributed by atoms with Crippen molar-refractivity contribution in [2.45, 2.75) is 38.9 Å². The fourth-order valence-electron chi connectivity index (χ4n) is 3.35. The molecule has 0 aliphatic heterocycles. The van der Waals surface area contributed by atoms with Gasteiger partial charge in [-0.25, -0.2) is 0 Å². The highest BCUT2D eigenvalue weighted by Gasteiger charge is 2.33. The first-order chi connectivity index (χ1) is 14.0. The Balaban J connectivity index is 1.55. The molecule has 0 unspecified atom stereocenters. The van der Waals surface area contributed by atoms with E-state index in [1.54, 1.807) is 11.7 Å². The molecular formula is C22H24N4O2S. The van der Waals surface area contributed by atoms with E-state index in [2.05, 4.69) is 41.4 Å². The van der Waals surface area contributed by atoms with E-state index >= 15 is 0 Å². The minimum atomic E-state index is 0.0559. The largest absolute Gasteiger partial charge is 0.497 e. The van der Waals surface area contributed by atoms with E-state index in [0.717, 1.165) is 29.7 Å². The number of amides is 1. The van der Waals surface area contributed by atoms with Crippen LogP contribution in [-0.4, -0.2) is 38.7 Å². The van der Waals surface area contributed by atoms with Crippen molar-refractivity contribution >= 4 is 18.1 Å². The summed E-state index contributed by atoms with van der Waals surface area (Å²) in [4.78, 5) is 15.2. The second kappa shape index (κ2) is 8.21. The standard InChI is InChI=1S/C22H24N4O2S/c1-15-3-5-16(6-4-15)13-25(18-9-10-18)20(27)14-26-21(23-24-22(26)29)17-7-11-19(28-2)12-8-17/h3-8,11-12,18H,9-10,13-14H2,1-2H3,(H,24,29). The zero-order valence-electron chi connectivity index (χ0n) is 16.6. The van der Waals surface area contributed by atoms with Gasteiger partial charge in [-0.15, -0.1) is 0 Å². The van der Waals surface area contributed by atoms with Gasteiger partial charge >= 0.3 is 0 Å². The number of aryl methyl sites for hydroxylation is 1. The number of hydrogen-bond donors (Lipinski definition) is 1. The number of rotatable bonds is 7. The highest BCUT2D eigenvalue weighted by atomic mass is 32.1. The van der Waals surface area contributed by atoms with Gasteiger partial charge in [0.1, 0.15) is 12.3 Å². The van der Waals surface area contributed by atoms with Gasteiger partial charge < -0.3 is 9.64 Å². The zero-order chi connectivity index (χ0) is 20.4. The predicted octanol–water partition coefficient (Wildman–Crippen LogP) is 4.12. The number of nitrogens with zero attached hydrogens (tertiary/aromatic N) is 3. The lowest BCUT2D eigenvalue weighted by molar-refractivity contribution is -0.133. The monoisotopic (exact) mass is 408 g/mol. The number of nitrogens with one attached hydrogen (secondary N) is 1. The lowest BCUT2D eigenvalue weighted by atomic mass is 10.1. The average Bonchev–Trinajstić information content (AvgIpc) is 3.51. The molecule has 1 N–H and O–H groups in total. The molecule has 1 saturated carbocycles. The van der Waals surface area contributed by atoms with Gasteiger partial charge in [0.25, 0.3) is 0 Å². The van der Waals surface area contributed by atoms with Crippen molar-refractivity contribution in [3.8, 4) is 17.1 Å². The van der Waals surface area contributed by atoms with Crippen LogP contribution in [0.3, 0.4) is 0 Å². The normalized spacial score (nSPS) is 13.3. The molecule has 6 nitrogen and oxygen atoms in total. The van der Waals surface area contributed by atoms with Crippen LogP contribution in [0.15, 0.2) is 48.5 Å². The van der Waals surface area contributed by atoms with E-state index in [1.807, 2.05) is 29.2 Å². The number of aromatic nitrogens is 3. The molecule has 4 rings (SSSR count). The fraction of sp³-hybridized carbons (Fsp3) is 0.318. The molecule has 2 aromatic carbocycles. The first-order valence-electron chi connectivity index (χ1n) is 9.70. The van der Waals surface area contributed by atoms with Crippen LogP contribution in [0.4, 0.5) is 0 Å². The Labute approximate surface area is 175 Å². The third-order valence-electron chi connectivity index (χ3n) is 5.18. The van der Waals surface area contributed by atoms with Crippen molar-refractivity contribution in [2.24, 2.45) is 0 Å². The van der Waals surface area contributed by atoms with Gasteiger partial charge in [0.2, 0.25) is 5.91 Å². The Bertz CT molecular complexity index is 1050. The smallest absolute Gasteiger partial charge is 0.243 e. The Kier molecular flexibility index (Phi) is 5.49. The molecule has 0 saturated heterocycles. The van der Waals surface area contributed by atoms with Crippen LogP contribution in [-0.2, 0) is 17.9 Å². The van der Waals surface area contributed by atoms with Gasteiger partial charge in [0.05, 0.1) is 7.11 Å². The minimum absolute atomic E-state index is 0.0559. The lowest BCUT2D eigenvalue weighted by Crippen LogP contribution is -2.35. The summed E-state index contributed by atoms with van der Waals surface area (Å²) in [6, 6.07) is 16.2. The van der Waals surface area contributed by atoms with E-state index in [9.17, 15) is 4.79 Å². The van der Waals surface area contributed by atoms with E-state index in [1.165, 1.54) is 5.56 Å². The number of hydrogen-bond acceptors (Lipinski definition) is 4. The molecule has 0 bridgehead atoms. The predicted molar refractivity (Wildman–Crippen MR) is 114 cm³/mol. The highest BCUT2D eigenvalue weighted by Crippen LogP contribution is 2.29. The third-order valence-corrected chi connectivity index (χ3v) is 5.49. The van der Waals surface area contributed by atoms with Crippen LogP contribution in [0.5, 0.6) is 5.75 Å². The zero-order valence-corrected chi connectivity index (χ0v) is 17.4. The molecule has 3 aromatic rings. The van der Waals surface area contributed by atoms with Gasteiger partial charge in [0, 0.05) is 18.2 Å². The third kappa shape index (κ3) is 4.40. The summed E-state index contributed by atoms with van der Waals surface area (Å²) < 4.78 is 7.43. The molecule has 1 heterocycles. The summed E-state index contributed by atoms with van der Waals surface area (Å²) in [5.41, 5.74) is 3.23. The van der Waals surface area contributed by atoms with Gasteiger partial charge in [0.15, 0.2) is 10.6 Å². The molecule has 0 radical (unpaired) electrons. The number of ether oxygens (including phenoxy) is 1. The maximum Gasteiger partial charge on any atom is 0.243 e. The van der Waals surface area contributed by atoms with Crippen LogP contribution in [0.25, 0.3) is 11.4 Å². The van der Waals surface area contributed by atoms with Gasteiger partial charge in [-0.2, -0.15) is 5.10 Å². The summed E-state index contributed by atoms with van der Waals surface area (Å²) >= 11 is 5.40. The van der Waals surface area contributed by atoms with Crippen LogP contribution in [0.2, 0.25) is 0 Å². The summed E-state index contributed by atoms with van der Waals surface area (Å²) in [5.74, 6) is 1.47. The molecule has 1 aliphatic rings. The van der Waals surface area contributed by atoms with E-state index in [0.29, 0.717) is 23.2 Å². The first kappa shape index (κ1) is 19.4. The highest BCUT2D eigenvalue weighted by molar-refractivity contribution is 7.71. The van der Waals surface area contributed by atoms with Gasteiger partial charge in [-0.3, -0.25) is 14.5 Å². The van der Waals surface area contributed by atoms with Crippen LogP contribution < -0.4 is 4.74 Å². The molecule has 29 heavy (non-hydrogen) atoms. The molecule has 0 spiro atoms. The van der Waals surface area contributed by atoms with E-state index < -0.39 is 0 Å². The van der Waals surface area contributed by atoms with Crippen molar-refractivity contribution in [3.63, 3.8) is 0 Å². The SMILES string of the molecule is COc1ccc(-c2n[nH]c(=S)n2CC(=O)N(Cc2ccc(C)cc2)C2CC2)cc1. The molecule has 7 heteroatoms. The van der Waals surface area contributed by atoms with Gasteiger partial charge in [-0.1, -0.05) is 29.8 Å². The average molecular weight is 409 g/mol. The maximum absolute atomic E-state index is 13.2. The molecular weight excluding hydrogens is 384 g/mol. The number of carbonyl (C=O) groups is 1. The summed E-state index contributed by atoms with van der Waals surface area (Å²) in [7, 11) is 1.63. The number of carbonyl (C=O) groups excluding carboxylic acids is 1. The summed E-state index contributed by atoms with van der Waals surface area (Å²) in [5, 5.41) is 7.17.